The van der Waals surface area contributed by atoms with Crippen LogP contribution in [0.4, 0.5) is 4.39 Å². The zero-order chi connectivity index (χ0) is 13.7. The van der Waals surface area contributed by atoms with Crippen LogP contribution in [0, 0.1) is 5.82 Å². The van der Waals surface area contributed by atoms with Gasteiger partial charge in [0.1, 0.15) is 11.6 Å². The van der Waals surface area contributed by atoms with E-state index in [2.05, 4.69) is 5.32 Å². The molecule has 1 unspecified atom stereocenters. The first-order valence-electron chi connectivity index (χ1n) is 6.42. The molecule has 0 spiro atoms. The molecule has 0 fully saturated rings. The second-order valence-corrected chi connectivity index (χ2v) is 4.61. The lowest BCUT2D eigenvalue weighted by atomic mass is 10.1. The third-order valence-electron chi connectivity index (χ3n) is 3.17. The van der Waals surface area contributed by atoms with Gasteiger partial charge in [0.2, 0.25) is 0 Å². The van der Waals surface area contributed by atoms with E-state index in [1.165, 1.54) is 6.07 Å². The maximum absolute atomic E-state index is 13.6. The van der Waals surface area contributed by atoms with E-state index in [1.807, 2.05) is 25.1 Å². The molecule has 0 saturated carbocycles. The summed E-state index contributed by atoms with van der Waals surface area (Å²) in [6, 6.07) is 13.9. The smallest absolute Gasteiger partial charge is 0.127 e. The quantitative estimate of drug-likeness (QED) is 0.862. The summed E-state index contributed by atoms with van der Waals surface area (Å²) in [5.74, 6) is 0.101. The van der Waals surface area contributed by atoms with Gasteiger partial charge in [0.05, 0.1) is 0 Å². The Morgan fingerprint density at radius 2 is 1.79 bits per heavy atom. The van der Waals surface area contributed by atoms with Crippen LogP contribution in [0.3, 0.4) is 0 Å². The van der Waals surface area contributed by atoms with Crippen LogP contribution in [0.2, 0.25) is 0 Å². The molecule has 0 aliphatic rings. The summed E-state index contributed by atoms with van der Waals surface area (Å²) in [5, 5.41) is 12.5. The molecule has 0 radical (unpaired) electrons. The summed E-state index contributed by atoms with van der Waals surface area (Å²) in [6.45, 7) is 2.72. The number of hydrogen-bond donors (Lipinski definition) is 2. The van der Waals surface area contributed by atoms with Crippen LogP contribution < -0.4 is 5.32 Å². The molecule has 19 heavy (non-hydrogen) atoms. The van der Waals surface area contributed by atoms with E-state index in [0.29, 0.717) is 5.56 Å². The van der Waals surface area contributed by atoms with Crippen LogP contribution in [0.1, 0.15) is 24.1 Å². The van der Waals surface area contributed by atoms with Crippen molar-refractivity contribution >= 4 is 0 Å². The van der Waals surface area contributed by atoms with Crippen molar-refractivity contribution in [2.45, 2.75) is 19.4 Å². The van der Waals surface area contributed by atoms with E-state index in [9.17, 15) is 9.50 Å². The maximum Gasteiger partial charge on any atom is 0.127 e. The van der Waals surface area contributed by atoms with Gasteiger partial charge in [-0.15, -0.1) is 0 Å². The highest BCUT2D eigenvalue weighted by atomic mass is 19.1. The average Bonchev–Trinajstić information content (AvgIpc) is 2.41. The Hall–Kier alpha value is -1.87. The van der Waals surface area contributed by atoms with Gasteiger partial charge >= 0.3 is 0 Å². The lowest BCUT2D eigenvalue weighted by Gasteiger charge is -2.15. The highest BCUT2D eigenvalue weighted by Crippen LogP contribution is 2.16. The van der Waals surface area contributed by atoms with Crippen molar-refractivity contribution in [3.8, 4) is 5.75 Å². The van der Waals surface area contributed by atoms with Gasteiger partial charge in [0.25, 0.3) is 0 Å². The van der Waals surface area contributed by atoms with Crippen molar-refractivity contribution in [3.63, 3.8) is 0 Å². The summed E-state index contributed by atoms with van der Waals surface area (Å²) in [6.07, 6.45) is 0.846. The third kappa shape index (κ3) is 3.80. The Bertz CT molecular complexity index is 525. The van der Waals surface area contributed by atoms with Crippen LogP contribution in [0.25, 0.3) is 0 Å². The van der Waals surface area contributed by atoms with Crippen molar-refractivity contribution in [3.05, 3.63) is 65.5 Å². The Balaban J connectivity index is 1.86. The number of hydrogen-bond acceptors (Lipinski definition) is 2. The van der Waals surface area contributed by atoms with Crippen LogP contribution in [-0.2, 0) is 6.42 Å². The molecule has 2 aromatic carbocycles. The first-order valence-corrected chi connectivity index (χ1v) is 6.42. The predicted octanol–water partition coefficient (Wildman–Crippen LogP) is 3.42. The molecule has 0 amide bonds. The largest absolute Gasteiger partial charge is 0.508 e. The number of phenolic OH excluding ortho intramolecular Hbond substituents is 1. The van der Waals surface area contributed by atoms with Gasteiger partial charge in [-0.3, -0.25) is 0 Å². The summed E-state index contributed by atoms with van der Waals surface area (Å²) in [7, 11) is 0. The number of aromatic hydroxyl groups is 1. The van der Waals surface area contributed by atoms with Gasteiger partial charge in [-0.05, 0) is 43.7 Å². The monoisotopic (exact) mass is 259 g/mol. The molecule has 0 saturated heterocycles. The van der Waals surface area contributed by atoms with Crippen molar-refractivity contribution < 1.29 is 9.50 Å². The third-order valence-corrected chi connectivity index (χ3v) is 3.17. The summed E-state index contributed by atoms with van der Waals surface area (Å²) in [4.78, 5) is 0. The molecule has 0 aliphatic heterocycles. The molecular weight excluding hydrogens is 241 g/mol. The van der Waals surface area contributed by atoms with E-state index in [4.69, 9.17) is 0 Å². The van der Waals surface area contributed by atoms with Crippen LogP contribution in [0.15, 0.2) is 48.5 Å². The van der Waals surface area contributed by atoms with Crippen LogP contribution in [-0.4, -0.2) is 11.7 Å². The highest BCUT2D eigenvalue weighted by Gasteiger charge is 2.08. The second kappa shape index (κ2) is 6.34. The lowest BCUT2D eigenvalue weighted by molar-refractivity contribution is 0.475. The predicted molar refractivity (Wildman–Crippen MR) is 74.6 cm³/mol. The van der Waals surface area contributed by atoms with Gasteiger partial charge in [0, 0.05) is 11.6 Å². The molecule has 1 atom stereocenters. The molecule has 100 valence electrons. The fourth-order valence-corrected chi connectivity index (χ4v) is 2.03. The first kappa shape index (κ1) is 13.6. The molecule has 2 nitrogen and oxygen atoms in total. The van der Waals surface area contributed by atoms with Gasteiger partial charge in [-0.25, -0.2) is 4.39 Å². The Morgan fingerprint density at radius 1 is 1.11 bits per heavy atom. The summed E-state index contributed by atoms with van der Waals surface area (Å²) >= 11 is 0. The standard InChI is InChI=1S/C16H18FNO/c1-12(15-4-2-3-5-16(15)17)18-11-10-13-6-8-14(19)9-7-13/h2-9,12,18-19H,10-11H2,1H3. The fraction of sp³-hybridized carbons (Fsp3) is 0.250. The minimum atomic E-state index is -0.174. The van der Waals surface area contributed by atoms with Crippen molar-refractivity contribution in [2.24, 2.45) is 0 Å². The molecule has 0 aromatic heterocycles. The number of benzene rings is 2. The Labute approximate surface area is 112 Å². The van der Waals surface area contributed by atoms with Crippen molar-refractivity contribution in [2.75, 3.05) is 6.54 Å². The van der Waals surface area contributed by atoms with E-state index < -0.39 is 0 Å². The number of phenols is 1. The molecule has 0 heterocycles. The molecule has 0 bridgehead atoms. The van der Waals surface area contributed by atoms with Crippen molar-refractivity contribution in [1.29, 1.82) is 0 Å². The topological polar surface area (TPSA) is 32.3 Å². The fourth-order valence-electron chi connectivity index (χ4n) is 2.03. The van der Waals surface area contributed by atoms with Gasteiger partial charge in [0.15, 0.2) is 0 Å². The van der Waals surface area contributed by atoms with E-state index >= 15 is 0 Å². The maximum atomic E-state index is 13.6. The second-order valence-electron chi connectivity index (χ2n) is 4.61. The van der Waals surface area contributed by atoms with Crippen LogP contribution >= 0.6 is 0 Å². The zero-order valence-corrected chi connectivity index (χ0v) is 10.9. The minimum absolute atomic E-state index is 0.0154. The summed E-state index contributed by atoms with van der Waals surface area (Å²) in [5.41, 5.74) is 1.83. The molecule has 2 rings (SSSR count). The first-order chi connectivity index (χ1) is 9.16. The SMILES string of the molecule is CC(NCCc1ccc(O)cc1)c1ccccc1F. The molecule has 2 aromatic rings. The van der Waals surface area contributed by atoms with E-state index in [-0.39, 0.29) is 17.6 Å². The molecule has 0 aliphatic carbocycles. The van der Waals surface area contributed by atoms with E-state index in [0.717, 1.165) is 18.5 Å². The molecule has 2 N–H and O–H groups in total. The Morgan fingerprint density at radius 3 is 2.47 bits per heavy atom. The molecule has 3 heteroatoms. The number of nitrogens with one attached hydrogen (secondary N) is 1. The average molecular weight is 259 g/mol. The van der Waals surface area contributed by atoms with Crippen LogP contribution in [0.5, 0.6) is 5.75 Å². The highest BCUT2D eigenvalue weighted by molar-refractivity contribution is 5.26. The number of halogens is 1. The normalized spacial score (nSPS) is 12.3. The van der Waals surface area contributed by atoms with E-state index in [1.54, 1.807) is 24.3 Å². The lowest BCUT2D eigenvalue weighted by Crippen LogP contribution is -2.22. The Kier molecular flexibility index (Phi) is 4.53. The number of rotatable bonds is 5. The van der Waals surface area contributed by atoms with Gasteiger partial charge < -0.3 is 10.4 Å². The summed E-state index contributed by atoms with van der Waals surface area (Å²) < 4.78 is 13.6. The zero-order valence-electron chi connectivity index (χ0n) is 10.9. The molecular formula is C16H18FNO. The minimum Gasteiger partial charge on any atom is -0.508 e. The van der Waals surface area contributed by atoms with Gasteiger partial charge in [-0.2, -0.15) is 0 Å². The van der Waals surface area contributed by atoms with Gasteiger partial charge in [-0.1, -0.05) is 30.3 Å². The van der Waals surface area contributed by atoms with Crippen molar-refractivity contribution in [1.82, 2.24) is 5.32 Å².